The summed E-state index contributed by atoms with van der Waals surface area (Å²) in [6.07, 6.45) is 4.04. The van der Waals surface area contributed by atoms with E-state index in [1.165, 1.54) is 5.69 Å². The van der Waals surface area contributed by atoms with Gasteiger partial charge in [-0.2, -0.15) is 0 Å². The van der Waals surface area contributed by atoms with E-state index in [4.69, 9.17) is 4.74 Å². The van der Waals surface area contributed by atoms with Crippen molar-refractivity contribution in [2.45, 2.75) is 0 Å². The minimum atomic E-state index is 0.865. The van der Waals surface area contributed by atoms with Crippen LogP contribution in [0.5, 0.6) is 5.75 Å². The first-order valence-corrected chi connectivity index (χ1v) is 7.08. The Morgan fingerprint density at radius 2 is 1.95 bits per heavy atom. The van der Waals surface area contributed by atoms with E-state index in [9.17, 15) is 0 Å². The first kappa shape index (κ1) is 13.1. The Balaban J connectivity index is 1.79. The Morgan fingerprint density at radius 1 is 1.15 bits per heavy atom. The third-order valence-corrected chi connectivity index (χ3v) is 3.96. The molecule has 0 amide bonds. The fraction of sp³-hybridized carbons (Fsp3) is 0.467. The van der Waals surface area contributed by atoms with Crippen molar-refractivity contribution in [1.29, 1.82) is 0 Å². The third kappa shape index (κ3) is 2.54. The number of piperazine rings is 1. The minimum absolute atomic E-state index is 0.865. The number of likely N-dealkylation sites (N-methyl/N-ethyl adjacent to an activating group) is 1. The maximum absolute atomic E-state index is 5.56. The molecular formula is C15H22N4O. The van der Waals surface area contributed by atoms with Crippen LogP contribution >= 0.6 is 0 Å². The molecule has 108 valence electrons. The summed E-state index contributed by atoms with van der Waals surface area (Å²) in [5.74, 6) is 0.914. The molecule has 0 atom stereocenters. The smallest absolute Gasteiger partial charge is 0.146 e. The van der Waals surface area contributed by atoms with E-state index in [1.54, 1.807) is 7.11 Å². The van der Waals surface area contributed by atoms with Crippen molar-refractivity contribution in [3.05, 3.63) is 30.5 Å². The molecule has 1 saturated heterocycles. The summed E-state index contributed by atoms with van der Waals surface area (Å²) in [4.78, 5) is 4.78. The predicted octanol–water partition coefficient (Wildman–Crippen LogP) is 1.29. The number of nitrogens with zero attached hydrogens (tertiary/aromatic N) is 3. The van der Waals surface area contributed by atoms with Crippen LogP contribution in [-0.2, 0) is 0 Å². The standard InChI is InChI=1S/C15H22N4O/c1-17-8-10-18(11-9-17)13-4-5-14(15(12-13)20-2)19-7-3-6-16-19/h3-6,12,16H,7-11H2,1-2H3. The van der Waals surface area contributed by atoms with Crippen LogP contribution in [-0.4, -0.2) is 51.8 Å². The van der Waals surface area contributed by atoms with Crippen molar-refractivity contribution in [3.63, 3.8) is 0 Å². The molecule has 0 radical (unpaired) electrons. The first-order valence-electron chi connectivity index (χ1n) is 7.08. The van der Waals surface area contributed by atoms with Gasteiger partial charge < -0.3 is 20.0 Å². The van der Waals surface area contributed by atoms with Gasteiger partial charge in [-0.1, -0.05) is 0 Å². The molecule has 2 aliphatic heterocycles. The van der Waals surface area contributed by atoms with Crippen molar-refractivity contribution < 1.29 is 4.74 Å². The zero-order chi connectivity index (χ0) is 13.9. The van der Waals surface area contributed by atoms with Gasteiger partial charge in [-0.3, -0.25) is 5.01 Å². The summed E-state index contributed by atoms with van der Waals surface area (Å²) in [5, 5.41) is 2.08. The number of methoxy groups -OCH3 is 1. The molecule has 0 bridgehead atoms. The maximum atomic E-state index is 5.56. The number of ether oxygens (including phenoxy) is 1. The van der Waals surface area contributed by atoms with E-state index in [-0.39, 0.29) is 0 Å². The highest BCUT2D eigenvalue weighted by molar-refractivity contribution is 5.66. The summed E-state index contributed by atoms with van der Waals surface area (Å²) < 4.78 is 5.56. The van der Waals surface area contributed by atoms with Crippen LogP contribution < -0.4 is 20.1 Å². The van der Waals surface area contributed by atoms with Crippen LogP contribution in [0.1, 0.15) is 0 Å². The molecule has 5 nitrogen and oxygen atoms in total. The highest BCUT2D eigenvalue weighted by Crippen LogP contribution is 2.32. The Hall–Kier alpha value is -1.88. The monoisotopic (exact) mass is 274 g/mol. The molecule has 1 fully saturated rings. The SMILES string of the molecule is COc1cc(N2CCN(C)CC2)ccc1N1CC=CN1. The van der Waals surface area contributed by atoms with E-state index in [2.05, 4.69) is 51.6 Å². The second-order valence-corrected chi connectivity index (χ2v) is 5.29. The van der Waals surface area contributed by atoms with Crippen LogP contribution in [0, 0.1) is 0 Å². The Morgan fingerprint density at radius 3 is 2.60 bits per heavy atom. The number of anilines is 2. The molecule has 1 aromatic rings. The van der Waals surface area contributed by atoms with Crippen LogP contribution in [0.4, 0.5) is 11.4 Å². The molecule has 0 unspecified atom stereocenters. The van der Waals surface area contributed by atoms with Crippen molar-refractivity contribution >= 4 is 11.4 Å². The van der Waals surface area contributed by atoms with Crippen LogP contribution in [0.25, 0.3) is 0 Å². The molecule has 0 saturated carbocycles. The van der Waals surface area contributed by atoms with E-state index < -0.39 is 0 Å². The Kier molecular flexibility index (Phi) is 3.69. The van der Waals surface area contributed by atoms with E-state index in [0.29, 0.717) is 0 Å². The zero-order valence-electron chi connectivity index (χ0n) is 12.2. The van der Waals surface area contributed by atoms with Crippen molar-refractivity contribution in [2.75, 3.05) is 56.8 Å². The van der Waals surface area contributed by atoms with E-state index >= 15 is 0 Å². The fourth-order valence-corrected chi connectivity index (χ4v) is 2.67. The molecule has 0 aromatic heterocycles. The van der Waals surface area contributed by atoms with Gasteiger partial charge in [0.15, 0.2) is 0 Å². The lowest BCUT2D eigenvalue weighted by molar-refractivity contribution is 0.312. The summed E-state index contributed by atoms with van der Waals surface area (Å²) in [5.41, 5.74) is 5.53. The van der Waals surface area contributed by atoms with Gasteiger partial charge in [-0.25, -0.2) is 0 Å². The molecule has 3 rings (SSSR count). The van der Waals surface area contributed by atoms with Crippen molar-refractivity contribution in [2.24, 2.45) is 0 Å². The zero-order valence-corrected chi connectivity index (χ0v) is 12.2. The van der Waals surface area contributed by atoms with Crippen LogP contribution in [0.2, 0.25) is 0 Å². The van der Waals surface area contributed by atoms with Gasteiger partial charge in [0.25, 0.3) is 0 Å². The average molecular weight is 274 g/mol. The molecule has 0 aliphatic carbocycles. The topological polar surface area (TPSA) is 31.0 Å². The van der Waals surface area contributed by atoms with Crippen molar-refractivity contribution in [3.8, 4) is 5.75 Å². The number of hydrogen-bond donors (Lipinski definition) is 1. The Bertz CT molecular complexity index is 487. The van der Waals surface area contributed by atoms with Gasteiger partial charge in [-0.05, 0) is 25.3 Å². The molecule has 5 heteroatoms. The quantitative estimate of drug-likeness (QED) is 0.897. The lowest BCUT2D eigenvalue weighted by atomic mass is 10.2. The number of hydrogen-bond acceptors (Lipinski definition) is 5. The average Bonchev–Trinajstić information content (AvgIpc) is 3.01. The molecule has 2 aliphatic rings. The number of nitrogens with one attached hydrogen (secondary N) is 1. The van der Waals surface area contributed by atoms with Gasteiger partial charge in [0, 0.05) is 44.1 Å². The summed E-state index contributed by atoms with van der Waals surface area (Å²) >= 11 is 0. The largest absolute Gasteiger partial charge is 0.494 e. The molecule has 0 spiro atoms. The lowest BCUT2D eigenvalue weighted by Crippen LogP contribution is -2.44. The minimum Gasteiger partial charge on any atom is -0.494 e. The molecule has 2 heterocycles. The summed E-state index contributed by atoms with van der Waals surface area (Å²) in [7, 11) is 3.91. The van der Waals surface area contributed by atoms with E-state index in [0.717, 1.165) is 44.2 Å². The number of hydrazine groups is 1. The summed E-state index contributed by atoms with van der Waals surface area (Å²) in [6.45, 7) is 5.23. The van der Waals surface area contributed by atoms with Gasteiger partial charge >= 0.3 is 0 Å². The molecule has 1 aromatic carbocycles. The van der Waals surface area contributed by atoms with Crippen LogP contribution in [0.15, 0.2) is 30.5 Å². The van der Waals surface area contributed by atoms with Gasteiger partial charge in [-0.15, -0.1) is 0 Å². The van der Waals surface area contributed by atoms with Gasteiger partial charge in [0.2, 0.25) is 0 Å². The molecule has 20 heavy (non-hydrogen) atoms. The van der Waals surface area contributed by atoms with Crippen LogP contribution in [0.3, 0.4) is 0 Å². The highest BCUT2D eigenvalue weighted by atomic mass is 16.5. The second-order valence-electron chi connectivity index (χ2n) is 5.29. The van der Waals surface area contributed by atoms with E-state index in [1.807, 2.05) is 6.20 Å². The van der Waals surface area contributed by atoms with Gasteiger partial charge in [0.1, 0.15) is 5.75 Å². The Labute approximate surface area is 120 Å². The predicted molar refractivity (Wildman–Crippen MR) is 82.3 cm³/mol. The number of benzene rings is 1. The second kappa shape index (κ2) is 5.63. The summed E-state index contributed by atoms with van der Waals surface area (Å²) in [6, 6.07) is 6.45. The highest BCUT2D eigenvalue weighted by Gasteiger charge is 2.18. The van der Waals surface area contributed by atoms with Gasteiger partial charge in [0.05, 0.1) is 19.3 Å². The lowest BCUT2D eigenvalue weighted by Gasteiger charge is -2.34. The fourth-order valence-electron chi connectivity index (χ4n) is 2.67. The maximum Gasteiger partial charge on any atom is 0.146 e. The molecular weight excluding hydrogens is 252 g/mol. The molecule has 1 N–H and O–H groups in total. The number of rotatable bonds is 3. The van der Waals surface area contributed by atoms with Crippen molar-refractivity contribution in [1.82, 2.24) is 10.3 Å². The third-order valence-electron chi connectivity index (χ3n) is 3.96. The first-order chi connectivity index (χ1) is 9.78. The normalized spacial score (nSPS) is 19.3.